The molecule has 26 heteroatoms. The first-order valence-electron chi connectivity index (χ1n) is 25.4. The number of rotatable bonds is 16. The number of hydrogen-bond donors (Lipinski definition) is 13. The highest BCUT2D eigenvalue weighted by atomic mass is 32.2. The summed E-state index contributed by atoms with van der Waals surface area (Å²) in [6.45, 7) is 5.04. The van der Waals surface area contributed by atoms with Crippen LogP contribution in [-0.2, 0) is 71.7 Å². The number of aromatic hydroxyl groups is 1. The van der Waals surface area contributed by atoms with Gasteiger partial charge in [-0.2, -0.15) is 0 Å². The normalized spacial score (nSPS) is 22.8. The zero-order valence-corrected chi connectivity index (χ0v) is 44.7. The number of nitrogens with zero attached hydrogens (tertiary/aromatic N) is 1. The quantitative estimate of drug-likeness (QED) is 0.0682. The number of nitrogens with one attached hydrogen (secondary N) is 10. The highest BCUT2D eigenvalue weighted by molar-refractivity contribution is 7.85. The van der Waals surface area contributed by atoms with E-state index >= 15 is 0 Å². The van der Waals surface area contributed by atoms with Gasteiger partial charge in [0.15, 0.2) is 5.78 Å². The van der Waals surface area contributed by atoms with Gasteiger partial charge in [-0.25, -0.2) is 0 Å². The standard InChI is InChI=1S/C51H71N11O14S/c1-7-26(2)44-48(73)56-23-42(69)57-36(25-77(76)50-27(3)33-15-14-32(64)18-34(33)59-50)46(71)58-35(19-40(67)53-20-31-12-10-30(11-13-31)17-38(65)29(5)52-6)51(75)62-16-8-9-37(62)47(72)61-45(28(4)39(66)24-63)49(74)55-21-41(68)54-22-43(70)60-44/h10-15,18,26,28-29,35-37,39,44-45,52,59,63-64,66H,7-9,16-17,19-25H2,1-6H3,(H,53,67)(H,54,68)(H,55,74)(H,56,73)(H,57,69)(H,58,71)(H,60,70)(H,61,72)/t26?,28-,29?,35?,36-,37?,39?,44?,45?,77?/m0/s1. The van der Waals surface area contributed by atoms with Gasteiger partial charge in [-0.1, -0.05) is 51.5 Å². The van der Waals surface area contributed by atoms with Crippen molar-refractivity contribution in [3.63, 3.8) is 0 Å². The lowest BCUT2D eigenvalue weighted by atomic mass is 9.94. The van der Waals surface area contributed by atoms with E-state index in [-0.39, 0.29) is 55.0 Å². The first-order valence-corrected chi connectivity index (χ1v) is 26.7. The number of ketones is 1. The van der Waals surface area contributed by atoms with Crippen molar-refractivity contribution >= 4 is 80.7 Å². The SMILES string of the molecule is CCC(C)C1NC(=O)CNC(=O)CNC(=O)C([C@@H](C)C(O)CO)NC(=O)C2CCCN2C(=O)C(CC(=O)NCc2ccc(CC(=O)C(C)NC)cc2)NC(=O)[C@H](CS(=O)c2[nH]c3cc(O)ccc3c2C)NC(=O)CNC1=O. The van der Waals surface area contributed by atoms with Gasteiger partial charge < -0.3 is 73.1 Å². The van der Waals surface area contributed by atoms with Crippen LogP contribution in [-0.4, -0.2) is 176 Å². The number of aliphatic hydroxyl groups excluding tert-OH is 2. The number of H-pyrrole nitrogens is 1. The number of hydrogen-bond acceptors (Lipinski definition) is 15. The highest BCUT2D eigenvalue weighted by Crippen LogP contribution is 2.28. The van der Waals surface area contributed by atoms with Crippen LogP contribution >= 0.6 is 0 Å². The molecule has 13 N–H and O–H groups in total. The van der Waals surface area contributed by atoms with Gasteiger partial charge in [-0.3, -0.25) is 52.2 Å². The molecule has 3 heterocycles. The zero-order chi connectivity index (χ0) is 56.7. The molecule has 77 heavy (non-hydrogen) atoms. The van der Waals surface area contributed by atoms with Gasteiger partial charge in [0.1, 0.15) is 41.0 Å². The molecule has 9 amide bonds. The fourth-order valence-corrected chi connectivity index (χ4v) is 10.1. The second kappa shape index (κ2) is 28.2. The maximum Gasteiger partial charge on any atom is 0.246 e. The summed E-state index contributed by atoms with van der Waals surface area (Å²) >= 11 is 0. The number of benzene rings is 2. The van der Waals surface area contributed by atoms with Crippen molar-refractivity contribution in [2.75, 3.05) is 45.6 Å². The smallest absolute Gasteiger partial charge is 0.246 e. The lowest BCUT2D eigenvalue weighted by Crippen LogP contribution is -2.61. The Hall–Kier alpha value is -7.29. The third kappa shape index (κ3) is 16.6. The van der Waals surface area contributed by atoms with Gasteiger partial charge in [0.05, 0.1) is 66.9 Å². The van der Waals surface area contributed by atoms with Crippen LogP contribution < -0.4 is 47.9 Å². The summed E-state index contributed by atoms with van der Waals surface area (Å²) in [5.41, 5.74) is 2.26. The molecule has 0 spiro atoms. The van der Waals surface area contributed by atoms with E-state index in [0.717, 1.165) is 10.5 Å². The Labute approximate surface area is 447 Å². The second-order valence-corrected chi connectivity index (χ2v) is 20.8. The van der Waals surface area contributed by atoms with Crippen LogP contribution in [0.5, 0.6) is 5.75 Å². The molecule has 25 nitrogen and oxygen atoms in total. The third-order valence-electron chi connectivity index (χ3n) is 13.8. The van der Waals surface area contributed by atoms with Crippen molar-refractivity contribution in [3.8, 4) is 5.75 Å². The topological polar surface area (TPSA) is 376 Å². The zero-order valence-electron chi connectivity index (χ0n) is 43.9. The van der Waals surface area contributed by atoms with E-state index in [1.165, 1.54) is 19.1 Å². The van der Waals surface area contributed by atoms with Crippen molar-refractivity contribution in [3.05, 3.63) is 59.2 Å². The van der Waals surface area contributed by atoms with Crippen LogP contribution in [0.2, 0.25) is 0 Å². The number of aliphatic hydroxyl groups is 2. The molecule has 0 saturated carbocycles. The molecule has 2 saturated heterocycles. The van der Waals surface area contributed by atoms with E-state index in [9.17, 15) is 67.5 Å². The molecule has 3 aromatic rings. The Bertz CT molecular complexity index is 2700. The number of likely N-dealkylation sites (N-methyl/N-ethyl adjacent to an activating group) is 1. The van der Waals surface area contributed by atoms with Gasteiger partial charge >= 0.3 is 0 Å². The van der Waals surface area contributed by atoms with Gasteiger partial charge in [-0.15, -0.1) is 0 Å². The minimum Gasteiger partial charge on any atom is -0.508 e. The van der Waals surface area contributed by atoms with E-state index in [0.29, 0.717) is 28.5 Å². The summed E-state index contributed by atoms with van der Waals surface area (Å²) in [4.78, 5) is 141. The molecule has 1 aromatic heterocycles. The maximum absolute atomic E-state index is 14.8. The van der Waals surface area contributed by atoms with Crippen molar-refractivity contribution in [2.24, 2.45) is 11.8 Å². The Morgan fingerprint density at radius 3 is 2.09 bits per heavy atom. The number of carbonyl (C=O) groups is 10. The van der Waals surface area contributed by atoms with Crippen molar-refractivity contribution in [2.45, 2.75) is 121 Å². The van der Waals surface area contributed by atoms with Crippen LogP contribution in [0.15, 0.2) is 47.5 Å². The molecule has 5 rings (SSSR count). The van der Waals surface area contributed by atoms with Gasteiger partial charge in [0.2, 0.25) is 53.2 Å². The first-order chi connectivity index (χ1) is 36.5. The molecule has 0 aliphatic carbocycles. The lowest BCUT2D eigenvalue weighted by molar-refractivity contribution is -0.144. The average Bonchev–Trinajstić information content (AvgIpc) is 4.04. The van der Waals surface area contributed by atoms with Gasteiger partial charge in [0, 0.05) is 36.9 Å². The number of aromatic amines is 1. The molecule has 0 bridgehead atoms. The van der Waals surface area contributed by atoms with E-state index in [1.807, 2.05) is 0 Å². The van der Waals surface area contributed by atoms with Crippen LogP contribution in [0.4, 0.5) is 0 Å². The van der Waals surface area contributed by atoms with E-state index in [1.54, 1.807) is 65.1 Å². The van der Waals surface area contributed by atoms with E-state index < -0.39 is 151 Å². The fourth-order valence-electron chi connectivity index (χ4n) is 8.71. The summed E-state index contributed by atoms with van der Waals surface area (Å²) in [7, 11) is -0.453. The molecule has 2 aliphatic rings. The second-order valence-electron chi connectivity index (χ2n) is 19.4. The van der Waals surface area contributed by atoms with Crippen molar-refractivity contribution in [1.29, 1.82) is 0 Å². The predicted octanol–water partition coefficient (Wildman–Crippen LogP) is -2.96. The monoisotopic (exact) mass is 1090 g/mol. The summed E-state index contributed by atoms with van der Waals surface area (Å²) in [5.74, 6) is -10.6. The predicted molar refractivity (Wildman–Crippen MR) is 279 cm³/mol. The minimum atomic E-state index is -2.13. The number of phenols is 1. The number of amides is 9. The van der Waals surface area contributed by atoms with Crippen LogP contribution in [0.25, 0.3) is 10.9 Å². The summed E-state index contributed by atoms with van der Waals surface area (Å²) < 4.78 is 14.3. The number of Topliss-reactive ketones (excluding diaryl/α,β-unsaturated/α-hetero) is 1. The molecule has 0 radical (unpaired) electrons. The van der Waals surface area contributed by atoms with E-state index in [4.69, 9.17) is 0 Å². The molecule has 420 valence electrons. The molecule has 2 fully saturated rings. The number of phenolic OH excluding ortho intramolecular Hbond substituents is 1. The number of fused-ring (bicyclic) bond motifs is 2. The van der Waals surface area contributed by atoms with Crippen LogP contribution in [0, 0.1) is 18.8 Å². The maximum atomic E-state index is 14.8. The Morgan fingerprint density at radius 1 is 0.792 bits per heavy atom. The molecule has 2 aromatic carbocycles. The molecule has 2 aliphatic heterocycles. The van der Waals surface area contributed by atoms with E-state index in [2.05, 4.69) is 52.8 Å². The molecule has 8 unspecified atom stereocenters. The Kier molecular flexibility index (Phi) is 22.2. The van der Waals surface area contributed by atoms with Crippen molar-refractivity contribution in [1.82, 2.24) is 57.7 Å². The third-order valence-corrected chi connectivity index (χ3v) is 15.3. The largest absolute Gasteiger partial charge is 0.508 e. The average molecular weight is 1090 g/mol. The fraction of sp³-hybridized carbons (Fsp3) is 0.529. The Morgan fingerprint density at radius 2 is 1.43 bits per heavy atom. The van der Waals surface area contributed by atoms with Gasteiger partial charge in [-0.05, 0) is 68.5 Å². The number of carbonyl (C=O) groups excluding carboxylic acids is 10. The summed E-state index contributed by atoms with van der Waals surface area (Å²) in [6.07, 6.45) is -1.50. The number of aromatic nitrogens is 1. The highest BCUT2D eigenvalue weighted by Gasteiger charge is 2.42. The van der Waals surface area contributed by atoms with Crippen LogP contribution in [0.1, 0.15) is 70.1 Å². The number of aryl methyl sites for hydroxylation is 1. The van der Waals surface area contributed by atoms with Crippen molar-refractivity contribution < 1.29 is 67.5 Å². The first kappa shape index (κ1) is 60.6. The molecular formula is C51H71N11O14S. The summed E-state index contributed by atoms with van der Waals surface area (Å²) in [5, 5.41) is 54.1. The molecular weight excluding hydrogens is 1020 g/mol. The minimum absolute atomic E-state index is 0.0263. The summed E-state index contributed by atoms with van der Waals surface area (Å²) in [6, 6.07) is 3.26. The van der Waals surface area contributed by atoms with Gasteiger partial charge in [0.25, 0.3) is 0 Å². The Balaban J connectivity index is 1.51. The molecule has 10 atom stereocenters. The lowest BCUT2D eigenvalue weighted by Gasteiger charge is -2.32. The van der Waals surface area contributed by atoms with Crippen LogP contribution in [0.3, 0.4) is 0 Å².